The van der Waals surface area contributed by atoms with Crippen molar-refractivity contribution in [2.45, 2.75) is 58.0 Å². The average Bonchev–Trinajstić information content (AvgIpc) is 2.75. The maximum Gasteiger partial charge on any atom is 0.0692 e. The molecule has 0 radical (unpaired) electrons. The highest BCUT2D eigenvalue weighted by Crippen LogP contribution is 2.25. The number of rotatable bonds is 5. The van der Waals surface area contributed by atoms with Gasteiger partial charge in [-0.15, -0.1) is 5.10 Å². The predicted octanol–water partition coefficient (Wildman–Crippen LogP) is 2.23. The van der Waals surface area contributed by atoms with Gasteiger partial charge >= 0.3 is 0 Å². The van der Waals surface area contributed by atoms with Crippen LogP contribution in [0.5, 0.6) is 0 Å². The first kappa shape index (κ1) is 12.6. The number of hydrogen-bond acceptors (Lipinski definition) is 3. The molecule has 1 fully saturated rings. The molecule has 1 N–H and O–H groups in total. The van der Waals surface area contributed by atoms with Crippen molar-refractivity contribution in [3.8, 4) is 0 Å². The molecule has 2 unspecified atom stereocenters. The van der Waals surface area contributed by atoms with Gasteiger partial charge in [0, 0.05) is 18.8 Å². The molecule has 0 aliphatic heterocycles. The van der Waals surface area contributed by atoms with Gasteiger partial charge in [0.1, 0.15) is 0 Å². The summed E-state index contributed by atoms with van der Waals surface area (Å²) in [5, 5.41) is 11.4. The maximum absolute atomic E-state index is 3.97. The van der Waals surface area contributed by atoms with Crippen molar-refractivity contribution in [1.29, 1.82) is 0 Å². The Morgan fingerprint density at radius 3 is 3.00 bits per heavy atom. The van der Waals surface area contributed by atoms with E-state index in [1.54, 1.807) is 6.20 Å². The minimum Gasteiger partial charge on any atom is -0.312 e. The third kappa shape index (κ3) is 4.11. The lowest BCUT2D eigenvalue weighted by atomic mass is 9.98. The lowest BCUT2D eigenvalue weighted by Gasteiger charge is -2.16. The van der Waals surface area contributed by atoms with Crippen molar-refractivity contribution in [2.24, 2.45) is 5.92 Å². The van der Waals surface area contributed by atoms with Gasteiger partial charge in [-0.25, -0.2) is 0 Å². The zero-order chi connectivity index (χ0) is 11.9. The van der Waals surface area contributed by atoms with Crippen molar-refractivity contribution in [1.82, 2.24) is 20.3 Å². The zero-order valence-electron chi connectivity index (χ0n) is 10.8. The van der Waals surface area contributed by atoms with E-state index >= 15 is 0 Å². The molecule has 1 aliphatic rings. The van der Waals surface area contributed by atoms with Gasteiger partial charge in [0.05, 0.1) is 12.7 Å². The topological polar surface area (TPSA) is 42.7 Å². The first-order valence-corrected chi connectivity index (χ1v) is 6.96. The molecule has 4 nitrogen and oxygen atoms in total. The molecule has 4 heteroatoms. The minimum atomic E-state index is 0.718. The standard InChI is InChI=1S/C13H24N4/c1-2-12-4-3-5-13(7-6-12)14-8-10-17-11-9-15-16-17/h9,11-14H,2-8,10H2,1H3. The molecule has 17 heavy (non-hydrogen) atoms. The number of hydrogen-bond donors (Lipinski definition) is 1. The molecule has 1 aliphatic carbocycles. The number of nitrogens with zero attached hydrogens (tertiary/aromatic N) is 3. The van der Waals surface area contributed by atoms with E-state index in [1.165, 1.54) is 38.5 Å². The number of aromatic nitrogens is 3. The summed E-state index contributed by atoms with van der Waals surface area (Å²) in [7, 11) is 0. The van der Waals surface area contributed by atoms with Crippen LogP contribution in [0.15, 0.2) is 12.4 Å². The third-order valence-electron chi connectivity index (χ3n) is 3.91. The molecule has 2 rings (SSSR count). The zero-order valence-corrected chi connectivity index (χ0v) is 10.8. The summed E-state index contributed by atoms with van der Waals surface area (Å²) in [5.74, 6) is 0.970. The first-order chi connectivity index (χ1) is 8.38. The third-order valence-corrected chi connectivity index (χ3v) is 3.91. The molecule has 0 amide bonds. The Balaban J connectivity index is 1.65. The Bertz CT molecular complexity index is 296. The second-order valence-electron chi connectivity index (χ2n) is 5.10. The summed E-state index contributed by atoms with van der Waals surface area (Å²) < 4.78 is 1.89. The summed E-state index contributed by atoms with van der Waals surface area (Å²) in [6.45, 7) is 4.25. The number of nitrogens with one attached hydrogen (secondary N) is 1. The van der Waals surface area contributed by atoms with Crippen LogP contribution in [0.25, 0.3) is 0 Å². The van der Waals surface area contributed by atoms with E-state index in [0.717, 1.165) is 25.0 Å². The predicted molar refractivity (Wildman–Crippen MR) is 68.7 cm³/mol. The lowest BCUT2D eigenvalue weighted by molar-refractivity contribution is 0.414. The molecule has 1 saturated carbocycles. The van der Waals surface area contributed by atoms with Crippen LogP contribution in [0.1, 0.15) is 45.4 Å². The van der Waals surface area contributed by atoms with E-state index in [0.29, 0.717) is 0 Å². The molecule has 0 saturated heterocycles. The fourth-order valence-electron chi connectivity index (χ4n) is 2.73. The summed E-state index contributed by atoms with van der Waals surface area (Å²) in [4.78, 5) is 0. The lowest BCUT2D eigenvalue weighted by Crippen LogP contribution is -2.31. The van der Waals surface area contributed by atoms with E-state index in [1.807, 2.05) is 10.9 Å². The monoisotopic (exact) mass is 236 g/mol. The van der Waals surface area contributed by atoms with E-state index in [9.17, 15) is 0 Å². The second kappa shape index (κ2) is 6.74. The van der Waals surface area contributed by atoms with Gasteiger partial charge in [-0.05, 0) is 25.2 Å². The Labute approximate surface area is 104 Å². The Morgan fingerprint density at radius 2 is 2.24 bits per heavy atom. The molecule has 1 heterocycles. The molecule has 1 aromatic heterocycles. The molecular formula is C13H24N4. The maximum atomic E-state index is 3.97. The highest BCUT2D eigenvalue weighted by atomic mass is 15.4. The van der Waals surface area contributed by atoms with E-state index in [-0.39, 0.29) is 0 Å². The molecular weight excluding hydrogens is 212 g/mol. The van der Waals surface area contributed by atoms with Crippen LogP contribution in [0.2, 0.25) is 0 Å². The summed E-state index contributed by atoms with van der Waals surface area (Å²) >= 11 is 0. The van der Waals surface area contributed by atoms with Crippen LogP contribution in [-0.2, 0) is 6.54 Å². The second-order valence-corrected chi connectivity index (χ2v) is 5.10. The van der Waals surface area contributed by atoms with Gasteiger partial charge in [-0.1, -0.05) is 31.4 Å². The van der Waals surface area contributed by atoms with Gasteiger partial charge in [-0.2, -0.15) is 0 Å². The Hall–Kier alpha value is -0.900. The van der Waals surface area contributed by atoms with E-state index in [4.69, 9.17) is 0 Å². The minimum absolute atomic E-state index is 0.718. The van der Waals surface area contributed by atoms with Crippen molar-refractivity contribution < 1.29 is 0 Å². The van der Waals surface area contributed by atoms with Gasteiger partial charge < -0.3 is 5.32 Å². The normalized spacial score (nSPS) is 25.7. The fraction of sp³-hybridized carbons (Fsp3) is 0.846. The average molecular weight is 236 g/mol. The van der Waals surface area contributed by atoms with Crippen molar-refractivity contribution >= 4 is 0 Å². The van der Waals surface area contributed by atoms with Crippen LogP contribution in [0.4, 0.5) is 0 Å². The molecule has 96 valence electrons. The quantitative estimate of drug-likeness (QED) is 0.797. The Kier molecular flexibility index (Phi) is 4.98. The van der Waals surface area contributed by atoms with Gasteiger partial charge in [0.15, 0.2) is 0 Å². The molecule has 1 aromatic rings. The molecule has 0 spiro atoms. The van der Waals surface area contributed by atoms with Crippen LogP contribution >= 0.6 is 0 Å². The highest BCUT2D eigenvalue weighted by molar-refractivity contribution is 4.74. The Morgan fingerprint density at radius 1 is 1.29 bits per heavy atom. The van der Waals surface area contributed by atoms with Crippen molar-refractivity contribution in [3.05, 3.63) is 12.4 Å². The van der Waals surface area contributed by atoms with Gasteiger partial charge in [0.2, 0.25) is 0 Å². The smallest absolute Gasteiger partial charge is 0.0692 e. The summed E-state index contributed by atoms with van der Waals surface area (Å²) in [6, 6.07) is 0.718. The van der Waals surface area contributed by atoms with E-state index in [2.05, 4.69) is 22.6 Å². The fourth-order valence-corrected chi connectivity index (χ4v) is 2.73. The molecule has 0 aromatic carbocycles. The summed E-state index contributed by atoms with van der Waals surface area (Å²) in [5.41, 5.74) is 0. The van der Waals surface area contributed by atoms with Crippen molar-refractivity contribution in [3.63, 3.8) is 0 Å². The van der Waals surface area contributed by atoms with Gasteiger partial charge in [0.25, 0.3) is 0 Å². The van der Waals surface area contributed by atoms with Crippen molar-refractivity contribution in [2.75, 3.05) is 6.54 Å². The largest absolute Gasteiger partial charge is 0.312 e. The first-order valence-electron chi connectivity index (χ1n) is 6.96. The van der Waals surface area contributed by atoms with Crippen LogP contribution < -0.4 is 5.32 Å². The highest BCUT2D eigenvalue weighted by Gasteiger charge is 2.16. The SMILES string of the molecule is CCC1CCCC(NCCn2ccnn2)CC1. The molecule has 0 bridgehead atoms. The summed E-state index contributed by atoms with van der Waals surface area (Å²) in [6.07, 6.45) is 11.9. The van der Waals surface area contributed by atoms with Gasteiger partial charge in [-0.3, -0.25) is 4.68 Å². The van der Waals surface area contributed by atoms with Crippen LogP contribution in [0.3, 0.4) is 0 Å². The van der Waals surface area contributed by atoms with E-state index < -0.39 is 0 Å². The molecule has 2 atom stereocenters. The van der Waals surface area contributed by atoms with Crippen LogP contribution in [-0.4, -0.2) is 27.6 Å². The van der Waals surface area contributed by atoms with Crippen LogP contribution in [0, 0.1) is 5.92 Å².